The van der Waals surface area contributed by atoms with E-state index in [1.807, 2.05) is 27.7 Å². The van der Waals surface area contributed by atoms with Crippen molar-refractivity contribution < 1.29 is 19.1 Å². The Balaban J connectivity index is 2.81. The van der Waals surface area contributed by atoms with E-state index in [1.54, 1.807) is 11.8 Å². The van der Waals surface area contributed by atoms with Crippen LogP contribution in [0.3, 0.4) is 0 Å². The van der Waals surface area contributed by atoms with Crippen molar-refractivity contribution in [1.82, 2.24) is 4.90 Å². The Labute approximate surface area is 120 Å². The van der Waals surface area contributed by atoms with Crippen LogP contribution in [-0.2, 0) is 14.3 Å². The van der Waals surface area contributed by atoms with Crippen molar-refractivity contribution in [3.63, 3.8) is 0 Å². The maximum Gasteiger partial charge on any atom is 0.410 e. The Bertz CT molecular complexity index is 407. The molecule has 0 fully saturated rings. The van der Waals surface area contributed by atoms with E-state index < -0.39 is 5.60 Å². The van der Waals surface area contributed by atoms with Crippen molar-refractivity contribution >= 4 is 12.1 Å². The van der Waals surface area contributed by atoms with Gasteiger partial charge in [0.2, 0.25) is 0 Å². The number of hydrogen-bond acceptors (Lipinski definition) is 4. The third-order valence-corrected chi connectivity index (χ3v) is 3.06. The first-order chi connectivity index (χ1) is 9.28. The van der Waals surface area contributed by atoms with Crippen molar-refractivity contribution in [2.75, 3.05) is 19.7 Å². The van der Waals surface area contributed by atoms with Crippen molar-refractivity contribution in [3.05, 3.63) is 11.1 Å². The second-order valence-electron chi connectivity index (χ2n) is 5.81. The highest BCUT2D eigenvalue weighted by Crippen LogP contribution is 2.23. The highest BCUT2D eigenvalue weighted by atomic mass is 16.6. The number of hydrogen-bond donors (Lipinski definition) is 0. The molecule has 1 aliphatic rings. The molecule has 1 amide bonds. The summed E-state index contributed by atoms with van der Waals surface area (Å²) in [5.74, 6) is -0.322. The van der Waals surface area contributed by atoms with E-state index in [0.29, 0.717) is 25.1 Å². The molecule has 0 radical (unpaired) electrons. The lowest BCUT2D eigenvalue weighted by Gasteiger charge is -2.31. The fourth-order valence-corrected chi connectivity index (χ4v) is 2.10. The minimum atomic E-state index is -0.532. The molecule has 5 heteroatoms. The summed E-state index contributed by atoms with van der Waals surface area (Å²) in [6.45, 7) is 10.5. The van der Waals surface area contributed by atoms with Crippen LogP contribution in [0, 0.1) is 0 Å². The largest absolute Gasteiger partial charge is 0.463 e. The van der Waals surface area contributed by atoms with E-state index in [9.17, 15) is 9.59 Å². The zero-order valence-corrected chi connectivity index (χ0v) is 13.1. The van der Waals surface area contributed by atoms with Gasteiger partial charge in [0.15, 0.2) is 0 Å². The summed E-state index contributed by atoms with van der Waals surface area (Å²) in [5.41, 5.74) is 1.14. The van der Waals surface area contributed by atoms with Crippen molar-refractivity contribution in [1.29, 1.82) is 0 Å². The number of esters is 1. The predicted molar refractivity (Wildman–Crippen MR) is 76.4 cm³/mol. The molecule has 0 saturated heterocycles. The van der Waals surface area contributed by atoms with E-state index in [1.165, 1.54) is 0 Å². The molecule has 0 saturated carbocycles. The monoisotopic (exact) mass is 283 g/mol. The molecule has 0 aliphatic carbocycles. The van der Waals surface area contributed by atoms with Gasteiger partial charge in [-0.15, -0.1) is 0 Å². The predicted octanol–water partition coefficient (Wildman–Crippen LogP) is 2.90. The maximum absolute atomic E-state index is 12.1. The molecular weight excluding hydrogens is 258 g/mol. The van der Waals surface area contributed by atoms with Gasteiger partial charge in [-0.2, -0.15) is 0 Å². The Hall–Kier alpha value is -1.52. The topological polar surface area (TPSA) is 55.8 Å². The smallest absolute Gasteiger partial charge is 0.410 e. The number of carbonyl (C=O) groups excluding carboxylic acids is 2. The molecule has 0 aromatic rings. The molecule has 0 atom stereocenters. The second kappa shape index (κ2) is 6.77. The highest BCUT2D eigenvalue weighted by molar-refractivity contribution is 5.91. The van der Waals surface area contributed by atoms with E-state index >= 15 is 0 Å². The zero-order chi connectivity index (χ0) is 15.3. The molecule has 0 spiro atoms. The first-order valence-electron chi connectivity index (χ1n) is 7.14. The van der Waals surface area contributed by atoms with E-state index in [-0.39, 0.29) is 18.6 Å². The summed E-state index contributed by atoms with van der Waals surface area (Å²) in [5, 5.41) is 0. The Morgan fingerprint density at radius 1 is 1.25 bits per heavy atom. The van der Waals surface area contributed by atoms with E-state index in [2.05, 4.69) is 0 Å². The summed E-state index contributed by atoms with van der Waals surface area (Å²) < 4.78 is 10.4. The van der Waals surface area contributed by atoms with Crippen LogP contribution < -0.4 is 0 Å². The normalized spacial score (nSPS) is 16.1. The molecule has 0 bridgehead atoms. The molecule has 1 aliphatic heterocycles. The van der Waals surface area contributed by atoms with Gasteiger partial charge in [-0.3, -0.25) is 0 Å². The van der Waals surface area contributed by atoms with Crippen LogP contribution in [0.4, 0.5) is 4.79 Å². The van der Waals surface area contributed by atoms with Crippen LogP contribution in [0.2, 0.25) is 0 Å². The van der Waals surface area contributed by atoms with E-state index in [4.69, 9.17) is 9.47 Å². The molecule has 1 rings (SSSR count). The molecule has 0 unspecified atom stereocenters. The average Bonchev–Trinajstić information content (AvgIpc) is 2.36. The first kappa shape index (κ1) is 16.5. The van der Waals surface area contributed by atoms with Gasteiger partial charge in [0, 0.05) is 6.54 Å². The lowest BCUT2D eigenvalue weighted by Crippen LogP contribution is -2.42. The van der Waals surface area contributed by atoms with Crippen molar-refractivity contribution in [2.45, 2.75) is 53.1 Å². The van der Waals surface area contributed by atoms with Crippen LogP contribution in [0.25, 0.3) is 0 Å². The minimum Gasteiger partial charge on any atom is -0.463 e. The molecule has 5 nitrogen and oxygen atoms in total. The summed E-state index contributed by atoms with van der Waals surface area (Å²) >= 11 is 0. The number of nitrogens with zero attached hydrogens (tertiary/aromatic N) is 1. The van der Waals surface area contributed by atoms with Gasteiger partial charge in [-0.05, 0) is 40.5 Å². The Kier molecular flexibility index (Phi) is 5.60. The fraction of sp³-hybridized carbons (Fsp3) is 0.733. The number of carbonyl (C=O) groups is 2. The van der Waals surface area contributed by atoms with Crippen LogP contribution in [0.5, 0.6) is 0 Å². The van der Waals surface area contributed by atoms with Crippen molar-refractivity contribution in [3.8, 4) is 0 Å². The summed E-state index contributed by atoms with van der Waals surface area (Å²) in [6, 6.07) is 0. The van der Waals surface area contributed by atoms with E-state index in [0.717, 1.165) is 12.0 Å². The number of amides is 1. The van der Waals surface area contributed by atoms with Crippen LogP contribution in [0.1, 0.15) is 47.5 Å². The standard InChI is InChI=1S/C15H25NO4/c1-6-11-8-9-16(14(18)20-15(3,4)5)10-12(11)13(17)19-7-2/h6-10H2,1-5H3. The number of rotatable bonds is 3. The fourth-order valence-electron chi connectivity index (χ4n) is 2.10. The lowest BCUT2D eigenvalue weighted by atomic mass is 9.98. The van der Waals surface area contributed by atoms with Crippen LogP contribution in [-0.4, -0.2) is 42.3 Å². The molecule has 0 aromatic heterocycles. The molecule has 20 heavy (non-hydrogen) atoms. The van der Waals surface area contributed by atoms with Crippen LogP contribution >= 0.6 is 0 Å². The van der Waals surface area contributed by atoms with Gasteiger partial charge in [-0.25, -0.2) is 9.59 Å². The van der Waals surface area contributed by atoms with Crippen LogP contribution in [0.15, 0.2) is 11.1 Å². The SMILES string of the molecule is CCOC(=O)C1=C(CC)CCN(C(=O)OC(C)(C)C)C1. The molecule has 0 N–H and O–H groups in total. The lowest BCUT2D eigenvalue weighted by molar-refractivity contribution is -0.139. The number of ether oxygens (including phenoxy) is 2. The summed E-state index contributed by atoms with van der Waals surface area (Å²) in [4.78, 5) is 25.6. The first-order valence-corrected chi connectivity index (χ1v) is 7.14. The minimum absolute atomic E-state index is 0.275. The third-order valence-electron chi connectivity index (χ3n) is 3.06. The van der Waals surface area contributed by atoms with Gasteiger partial charge in [0.05, 0.1) is 18.7 Å². The highest BCUT2D eigenvalue weighted by Gasteiger charge is 2.29. The van der Waals surface area contributed by atoms with Gasteiger partial charge in [-0.1, -0.05) is 12.5 Å². The second-order valence-corrected chi connectivity index (χ2v) is 5.81. The van der Waals surface area contributed by atoms with Gasteiger partial charge in [0.1, 0.15) is 5.60 Å². The van der Waals surface area contributed by atoms with Crippen molar-refractivity contribution in [2.24, 2.45) is 0 Å². The average molecular weight is 283 g/mol. The molecule has 0 aromatic carbocycles. The Morgan fingerprint density at radius 3 is 2.40 bits per heavy atom. The molecular formula is C15H25NO4. The molecule has 114 valence electrons. The quantitative estimate of drug-likeness (QED) is 0.747. The van der Waals surface area contributed by atoms with Gasteiger partial charge < -0.3 is 14.4 Å². The zero-order valence-electron chi connectivity index (χ0n) is 13.1. The Morgan fingerprint density at radius 2 is 1.90 bits per heavy atom. The third kappa shape index (κ3) is 4.54. The maximum atomic E-state index is 12.1. The molecule has 1 heterocycles. The summed E-state index contributed by atoms with van der Waals surface area (Å²) in [7, 11) is 0. The van der Waals surface area contributed by atoms with Gasteiger partial charge in [0.25, 0.3) is 0 Å². The summed E-state index contributed by atoms with van der Waals surface area (Å²) in [6.07, 6.45) is 1.12. The van der Waals surface area contributed by atoms with Gasteiger partial charge >= 0.3 is 12.1 Å².